The van der Waals surface area contributed by atoms with E-state index in [4.69, 9.17) is 27.8 Å². The van der Waals surface area contributed by atoms with E-state index in [9.17, 15) is 18.9 Å². The highest BCUT2D eigenvalue weighted by molar-refractivity contribution is 7.48. The van der Waals surface area contributed by atoms with E-state index in [-0.39, 0.29) is 39.6 Å². The topological polar surface area (TPSA) is 151 Å². The minimum atomic E-state index is -4.18. The summed E-state index contributed by atoms with van der Waals surface area (Å²) in [5.74, 6) is 0. The summed E-state index contributed by atoms with van der Waals surface area (Å²) >= 11 is 0. The van der Waals surface area contributed by atoms with Crippen molar-refractivity contribution in [2.75, 3.05) is 39.6 Å². The van der Waals surface area contributed by atoms with Crippen molar-refractivity contribution in [3.8, 4) is 0 Å². The molecule has 3 unspecified atom stereocenters. The zero-order valence-corrected chi connectivity index (χ0v) is 14.1. The normalized spacial score (nSPS) is 29.8. The highest BCUT2D eigenvalue weighted by atomic mass is 31.2. The molecule has 0 radical (unpaired) electrons. The van der Waals surface area contributed by atoms with E-state index in [1.54, 1.807) is 0 Å². The summed E-state index contributed by atoms with van der Waals surface area (Å²) in [6.45, 7) is -1.23. The third-order valence-corrected chi connectivity index (χ3v) is 4.60. The van der Waals surface area contributed by atoms with Gasteiger partial charge in [0.1, 0.15) is 19.8 Å². The Labute approximate surface area is 146 Å². The molecule has 3 fully saturated rings. The molecule has 3 aliphatic heterocycles. The number of ether oxygens (including phenoxy) is 6. The zero-order chi connectivity index (χ0) is 18.6. The number of phosphoric acid groups is 1. The lowest BCUT2D eigenvalue weighted by Crippen LogP contribution is -2.23. The summed E-state index contributed by atoms with van der Waals surface area (Å²) in [6, 6.07) is 0. The standard InChI is InChI=1S/C12H15O13P/c13-10-17-1-7(23-10)4-20-26(16,21-5-8-2-18-11(14)24-8)22-6-9-3-19-12(15)25-9/h7-9H,1-6H2. The average molecular weight is 398 g/mol. The Morgan fingerprint density at radius 3 is 1.23 bits per heavy atom. The molecule has 0 spiro atoms. The quantitative estimate of drug-likeness (QED) is 0.305. The van der Waals surface area contributed by atoms with Gasteiger partial charge in [-0.1, -0.05) is 0 Å². The van der Waals surface area contributed by atoms with Crippen molar-refractivity contribution in [1.29, 1.82) is 0 Å². The maximum Gasteiger partial charge on any atom is 0.508 e. The van der Waals surface area contributed by atoms with Gasteiger partial charge in [-0.25, -0.2) is 18.9 Å². The third-order valence-electron chi connectivity index (χ3n) is 3.21. The molecule has 3 rings (SSSR count). The zero-order valence-electron chi connectivity index (χ0n) is 13.2. The highest BCUT2D eigenvalue weighted by Crippen LogP contribution is 2.50. The van der Waals surface area contributed by atoms with E-state index in [1.807, 2.05) is 0 Å². The second-order valence-electron chi connectivity index (χ2n) is 5.24. The Balaban J connectivity index is 1.51. The second kappa shape index (κ2) is 8.08. The minimum Gasteiger partial charge on any atom is -0.430 e. The molecule has 3 atom stereocenters. The van der Waals surface area contributed by atoms with Crippen LogP contribution in [0.15, 0.2) is 0 Å². The van der Waals surface area contributed by atoms with Gasteiger partial charge in [0, 0.05) is 0 Å². The molecule has 0 bridgehead atoms. The molecule has 3 heterocycles. The van der Waals surface area contributed by atoms with Gasteiger partial charge >= 0.3 is 26.3 Å². The molecule has 13 nitrogen and oxygen atoms in total. The Hall–Kier alpha value is -2.08. The summed E-state index contributed by atoms with van der Waals surface area (Å²) in [5, 5.41) is 0. The number of rotatable bonds is 9. The van der Waals surface area contributed by atoms with Crippen molar-refractivity contribution in [2.24, 2.45) is 0 Å². The number of hydrogen-bond acceptors (Lipinski definition) is 13. The fraction of sp³-hybridized carbons (Fsp3) is 0.750. The molecular formula is C12H15O13P. The minimum absolute atomic E-state index is 0.0824. The summed E-state index contributed by atoms with van der Waals surface area (Å²) in [5.41, 5.74) is 0. The van der Waals surface area contributed by atoms with Crippen molar-refractivity contribution in [1.82, 2.24) is 0 Å². The highest BCUT2D eigenvalue weighted by Gasteiger charge is 2.37. The maximum atomic E-state index is 12.7. The first-order valence-electron chi connectivity index (χ1n) is 7.46. The van der Waals surface area contributed by atoms with E-state index in [0.717, 1.165) is 0 Å². The van der Waals surface area contributed by atoms with Gasteiger partial charge in [0.05, 0.1) is 19.8 Å². The molecular weight excluding hydrogens is 383 g/mol. The number of carbonyl (C=O) groups is 3. The predicted octanol–water partition coefficient (Wildman–Crippen LogP) is 0.750. The van der Waals surface area contributed by atoms with Crippen LogP contribution in [0.2, 0.25) is 0 Å². The van der Waals surface area contributed by atoms with Crippen molar-refractivity contribution in [3.63, 3.8) is 0 Å². The summed E-state index contributed by atoms with van der Waals surface area (Å²) in [4.78, 5) is 32.6. The van der Waals surface area contributed by atoms with Gasteiger partial charge in [-0.15, -0.1) is 0 Å². The van der Waals surface area contributed by atoms with Gasteiger partial charge in [-0.3, -0.25) is 13.6 Å². The van der Waals surface area contributed by atoms with Crippen LogP contribution in [0.3, 0.4) is 0 Å². The summed E-state index contributed by atoms with van der Waals surface area (Å²) in [7, 11) is -4.18. The van der Waals surface area contributed by atoms with E-state index in [0.29, 0.717) is 0 Å². The van der Waals surface area contributed by atoms with Crippen LogP contribution in [0.4, 0.5) is 14.4 Å². The molecule has 0 saturated carbocycles. The molecule has 14 heteroatoms. The van der Waals surface area contributed by atoms with Crippen LogP contribution in [0.5, 0.6) is 0 Å². The molecule has 3 aliphatic rings. The average Bonchev–Trinajstić information content (AvgIpc) is 3.32. The largest absolute Gasteiger partial charge is 0.508 e. The molecule has 146 valence electrons. The SMILES string of the molecule is O=C1OCC(COP(=O)(OCC2COC(=O)O2)OCC2COC(=O)O2)O1. The van der Waals surface area contributed by atoms with Gasteiger partial charge in [0.2, 0.25) is 0 Å². The molecule has 0 aromatic rings. The van der Waals surface area contributed by atoms with Crippen molar-refractivity contribution in [3.05, 3.63) is 0 Å². The van der Waals surface area contributed by atoms with Crippen molar-refractivity contribution < 1.29 is 60.9 Å². The molecule has 26 heavy (non-hydrogen) atoms. The maximum absolute atomic E-state index is 12.7. The van der Waals surface area contributed by atoms with Gasteiger partial charge < -0.3 is 28.4 Å². The summed E-state index contributed by atoms with van der Waals surface area (Å²) < 4.78 is 56.1. The first-order valence-corrected chi connectivity index (χ1v) is 8.92. The monoisotopic (exact) mass is 398 g/mol. The molecule has 0 aliphatic carbocycles. The van der Waals surface area contributed by atoms with E-state index in [2.05, 4.69) is 14.2 Å². The van der Waals surface area contributed by atoms with E-state index < -0.39 is 44.6 Å². The Morgan fingerprint density at radius 1 is 0.692 bits per heavy atom. The van der Waals surface area contributed by atoms with Crippen molar-refractivity contribution >= 4 is 26.3 Å². The molecule has 0 aromatic heterocycles. The van der Waals surface area contributed by atoms with Crippen molar-refractivity contribution in [2.45, 2.75) is 18.3 Å². The van der Waals surface area contributed by atoms with Crippen LogP contribution in [-0.2, 0) is 46.6 Å². The Morgan fingerprint density at radius 2 is 1.00 bits per heavy atom. The first kappa shape index (κ1) is 18.7. The first-order chi connectivity index (χ1) is 12.4. The van der Waals surface area contributed by atoms with E-state index >= 15 is 0 Å². The van der Waals surface area contributed by atoms with Gasteiger partial charge in [0.15, 0.2) is 18.3 Å². The molecule has 0 amide bonds. The molecule has 0 N–H and O–H groups in total. The van der Waals surface area contributed by atoms with Crippen LogP contribution >= 0.6 is 7.82 Å². The summed E-state index contributed by atoms with van der Waals surface area (Å²) in [6.07, 6.45) is -4.99. The number of cyclic esters (lactones) is 6. The third kappa shape index (κ3) is 5.21. The lowest BCUT2D eigenvalue weighted by atomic mass is 10.4. The Bertz CT molecular complexity index is 525. The molecule has 0 aromatic carbocycles. The van der Waals surface area contributed by atoms with E-state index in [1.165, 1.54) is 0 Å². The molecule has 3 saturated heterocycles. The fourth-order valence-electron chi connectivity index (χ4n) is 1.98. The van der Waals surface area contributed by atoms with Gasteiger partial charge in [0.25, 0.3) is 0 Å². The van der Waals surface area contributed by atoms with Crippen LogP contribution in [0, 0.1) is 0 Å². The van der Waals surface area contributed by atoms with Gasteiger partial charge in [-0.05, 0) is 0 Å². The van der Waals surface area contributed by atoms with Crippen LogP contribution in [-0.4, -0.2) is 76.4 Å². The number of phosphoric ester groups is 1. The van der Waals surface area contributed by atoms with Gasteiger partial charge in [-0.2, -0.15) is 0 Å². The lowest BCUT2D eigenvalue weighted by Gasteiger charge is -2.20. The fourth-order valence-corrected chi connectivity index (χ4v) is 3.25. The lowest BCUT2D eigenvalue weighted by molar-refractivity contribution is 0.0304. The number of carbonyl (C=O) groups excluding carboxylic acids is 3. The van der Waals surface area contributed by atoms with Crippen LogP contribution in [0.25, 0.3) is 0 Å². The Kier molecular flexibility index (Phi) is 5.81. The number of hydrogen-bond donors (Lipinski definition) is 0. The van der Waals surface area contributed by atoms with Crippen LogP contribution < -0.4 is 0 Å². The second-order valence-corrected chi connectivity index (χ2v) is 6.91. The van der Waals surface area contributed by atoms with Crippen LogP contribution in [0.1, 0.15) is 0 Å². The predicted molar refractivity (Wildman–Crippen MR) is 74.1 cm³/mol. The smallest absolute Gasteiger partial charge is 0.430 e.